The molecule has 0 fully saturated rings. The van der Waals surface area contributed by atoms with Crippen molar-refractivity contribution in [2.75, 3.05) is 45.9 Å². The van der Waals surface area contributed by atoms with Crippen LogP contribution < -0.4 is 110 Å². The number of carbonyl (C=O) groups is 13. The summed E-state index contributed by atoms with van der Waals surface area (Å²) in [6.07, 6.45) is 7.43. The zero-order valence-electron chi connectivity index (χ0n) is 66.3. The van der Waals surface area contributed by atoms with E-state index < -0.39 is 186 Å². The van der Waals surface area contributed by atoms with Gasteiger partial charge in [-0.15, -0.1) is 0 Å². The van der Waals surface area contributed by atoms with Gasteiger partial charge >= 0.3 is 0 Å². The standard InChI is InChI=1S/C73H142N20O14/c1-13-45(10)56(80)69(103)86-49(29-17-23-35-75)62(96)84-52(32-20-26-38-78)65(99)93-60(47(12)15-3)73(107)91-58(44(8)9)71(105)89-55(41-94)68(102)85-53(33-21-27-39-79)66(100)92-59(46(11)14-2)72(106)87-50(30-18-24-36-76)63(97)83-51(31-19-25-37-77)64(98)90-57(43(6)7)70(104)88-54(40-42(4)5)67(101)82-48(61(81)95)28-16-22-34-74/h42-60,94H,13-41,74-80H2,1-12H3,(H2,81,95)(H,82,101)(H,83,97)(H,84,96)(H,85,102)(H,86,103)(H,87,106)(H,88,104)(H,89,105)(H,90,98)(H,91,107)(H,92,100)(H,93,99)/t45-,46-,47-,48-,49-,50-,51-,52-,53-,54-,55-,56-,57-,58-,59-,60-/m0/s1. The third-order valence-corrected chi connectivity index (χ3v) is 19.3. The third-order valence-electron chi connectivity index (χ3n) is 19.3. The van der Waals surface area contributed by atoms with Gasteiger partial charge in [0.2, 0.25) is 76.8 Å². The highest BCUT2D eigenvalue weighted by Crippen LogP contribution is 2.18. The molecule has 34 nitrogen and oxygen atoms in total. The first kappa shape index (κ1) is 99.8. The van der Waals surface area contributed by atoms with Crippen molar-refractivity contribution in [3.63, 3.8) is 0 Å². The summed E-state index contributed by atoms with van der Waals surface area (Å²) in [6, 6.07) is -16.2. The van der Waals surface area contributed by atoms with Gasteiger partial charge in [0, 0.05) is 0 Å². The Morgan fingerprint density at radius 2 is 0.505 bits per heavy atom. The Morgan fingerprint density at radius 1 is 0.280 bits per heavy atom. The molecule has 0 aliphatic heterocycles. The van der Waals surface area contributed by atoms with Crippen LogP contribution in [0.25, 0.3) is 0 Å². The molecule has 0 saturated carbocycles. The number of amides is 13. The van der Waals surface area contributed by atoms with Crippen LogP contribution >= 0.6 is 0 Å². The van der Waals surface area contributed by atoms with Gasteiger partial charge in [0.25, 0.3) is 0 Å². The Labute approximate surface area is 635 Å². The maximum Gasteiger partial charge on any atom is 0.245 e. The second-order valence-corrected chi connectivity index (χ2v) is 29.5. The zero-order chi connectivity index (χ0) is 81.5. The van der Waals surface area contributed by atoms with E-state index in [4.69, 9.17) is 45.9 Å². The van der Waals surface area contributed by atoms with Crippen molar-refractivity contribution in [3.05, 3.63) is 0 Å². The monoisotopic (exact) mass is 1520 g/mol. The highest BCUT2D eigenvalue weighted by Gasteiger charge is 2.40. The van der Waals surface area contributed by atoms with Crippen LogP contribution in [0.4, 0.5) is 0 Å². The van der Waals surface area contributed by atoms with Gasteiger partial charge in [-0.05, 0) is 197 Å². The summed E-state index contributed by atoms with van der Waals surface area (Å²) in [5.74, 6) is -12.5. The van der Waals surface area contributed by atoms with Gasteiger partial charge in [0.1, 0.15) is 72.5 Å². The smallest absolute Gasteiger partial charge is 0.245 e. The Morgan fingerprint density at radius 3 is 0.794 bits per heavy atom. The lowest BCUT2D eigenvalue weighted by molar-refractivity contribution is -0.137. The minimum atomic E-state index is -1.71. The van der Waals surface area contributed by atoms with Crippen molar-refractivity contribution in [1.82, 2.24) is 63.8 Å². The van der Waals surface area contributed by atoms with Crippen LogP contribution in [-0.4, -0.2) is 206 Å². The molecule has 0 rings (SSSR count). The summed E-state index contributed by atoms with van der Waals surface area (Å²) in [6.45, 7) is 21.7. The number of hydrogen-bond donors (Lipinski definition) is 21. The lowest BCUT2D eigenvalue weighted by Crippen LogP contribution is -2.62. The van der Waals surface area contributed by atoms with E-state index >= 15 is 0 Å². The normalized spacial score (nSPS) is 16.0. The second-order valence-electron chi connectivity index (χ2n) is 29.5. The summed E-state index contributed by atoms with van der Waals surface area (Å²) in [7, 11) is 0. The van der Waals surface area contributed by atoms with Gasteiger partial charge in [-0.25, -0.2) is 0 Å². The molecule has 0 aromatic carbocycles. The SMILES string of the molecule is CC[C@H](C)[C@H](N)C(=O)N[C@@H](CCCCN)C(=O)N[C@@H](CCCCN)C(=O)N[C@H](C(=O)N[C@H](C(=O)N[C@@H](CO)C(=O)N[C@@H](CCCCN)C(=O)N[C@H](C(=O)N[C@@H](CCCCN)C(=O)N[C@@H](CCCCN)C(=O)N[C@H](C(=O)N[C@@H](CC(C)C)C(=O)N[C@@H](CCCCN)C(N)=O)C(C)C)[C@@H](C)CC)C(C)C)[C@@H](C)CC. The predicted octanol–water partition coefficient (Wildman–Crippen LogP) is -2.12. The fraction of sp³-hybridized carbons (Fsp3) is 0.822. The Bertz CT molecular complexity index is 2700. The van der Waals surface area contributed by atoms with Crippen molar-refractivity contribution in [2.45, 2.75) is 303 Å². The van der Waals surface area contributed by atoms with E-state index in [0.717, 1.165) is 0 Å². The fourth-order valence-corrected chi connectivity index (χ4v) is 11.6. The molecule has 0 bridgehead atoms. The Kier molecular flexibility index (Phi) is 52.3. The van der Waals surface area contributed by atoms with Crippen LogP contribution in [0.5, 0.6) is 0 Å². The van der Waals surface area contributed by atoms with E-state index in [2.05, 4.69) is 63.8 Å². The largest absolute Gasteiger partial charge is 0.394 e. The molecular formula is C73H142N20O14. The summed E-state index contributed by atoms with van der Waals surface area (Å²) < 4.78 is 0. The lowest BCUT2D eigenvalue weighted by Gasteiger charge is -2.31. The molecule has 0 aromatic rings. The van der Waals surface area contributed by atoms with Crippen LogP contribution in [0.15, 0.2) is 0 Å². The van der Waals surface area contributed by atoms with E-state index in [-0.39, 0.29) is 76.4 Å². The zero-order valence-corrected chi connectivity index (χ0v) is 66.3. The van der Waals surface area contributed by atoms with Gasteiger partial charge < -0.3 is 115 Å². The number of rotatable bonds is 60. The molecule has 0 unspecified atom stereocenters. The van der Waals surface area contributed by atoms with E-state index in [0.29, 0.717) is 116 Å². The molecule has 0 heterocycles. The van der Waals surface area contributed by atoms with Crippen LogP contribution in [-0.2, 0) is 62.3 Å². The molecule has 618 valence electrons. The van der Waals surface area contributed by atoms with Gasteiger partial charge in [0.15, 0.2) is 0 Å². The second kappa shape index (κ2) is 56.1. The first-order valence-corrected chi connectivity index (χ1v) is 39.1. The first-order chi connectivity index (χ1) is 50.6. The van der Waals surface area contributed by atoms with Crippen molar-refractivity contribution in [2.24, 2.45) is 81.4 Å². The van der Waals surface area contributed by atoms with Crippen molar-refractivity contribution in [3.8, 4) is 0 Å². The van der Waals surface area contributed by atoms with Gasteiger partial charge in [-0.2, -0.15) is 0 Å². The van der Waals surface area contributed by atoms with Crippen LogP contribution in [0, 0.1) is 35.5 Å². The molecule has 0 aliphatic rings. The number of primary amides is 1. The number of carbonyl (C=O) groups excluding carboxylic acids is 13. The van der Waals surface area contributed by atoms with Gasteiger partial charge in [-0.1, -0.05) is 102 Å². The highest BCUT2D eigenvalue weighted by atomic mass is 16.3. The third kappa shape index (κ3) is 38.6. The fourth-order valence-electron chi connectivity index (χ4n) is 11.6. The summed E-state index contributed by atoms with van der Waals surface area (Å²) in [5.41, 5.74) is 46.6. The Balaban J connectivity index is 7.03. The number of nitrogens with two attached hydrogens (primary N) is 8. The van der Waals surface area contributed by atoms with E-state index in [1.54, 1.807) is 55.4 Å². The molecule has 29 N–H and O–H groups in total. The maximum atomic E-state index is 14.7. The quantitative estimate of drug-likeness (QED) is 0.0290. The molecule has 0 aromatic heterocycles. The topological polar surface area (TPSA) is 595 Å². The van der Waals surface area contributed by atoms with Crippen LogP contribution in [0.2, 0.25) is 0 Å². The number of hydrogen-bond acceptors (Lipinski definition) is 21. The van der Waals surface area contributed by atoms with E-state index in [1.807, 2.05) is 27.7 Å². The van der Waals surface area contributed by atoms with Gasteiger partial charge in [0.05, 0.1) is 12.6 Å². The van der Waals surface area contributed by atoms with Crippen molar-refractivity contribution in [1.29, 1.82) is 0 Å². The van der Waals surface area contributed by atoms with Crippen LogP contribution in [0.3, 0.4) is 0 Å². The molecule has 0 saturated heterocycles. The summed E-state index contributed by atoms with van der Waals surface area (Å²) in [4.78, 5) is 183. The maximum absolute atomic E-state index is 14.7. The molecule has 0 spiro atoms. The first-order valence-electron chi connectivity index (χ1n) is 39.1. The molecule has 34 heteroatoms. The number of unbranched alkanes of at least 4 members (excludes halogenated alkanes) is 6. The van der Waals surface area contributed by atoms with E-state index in [9.17, 15) is 67.4 Å². The van der Waals surface area contributed by atoms with Crippen molar-refractivity contribution >= 4 is 76.8 Å². The molecule has 16 atom stereocenters. The minimum Gasteiger partial charge on any atom is -0.394 e. The van der Waals surface area contributed by atoms with Gasteiger partial charge in [-0.3, -0.25) is 62.3 Å². The summed E-state index contributed by atoms with van der Waals surface area (Å²) in [5, 5.41) is 43.3. The number of aliphatic hydroxyl groups excluding tert-OH is 1. The van der Waals surface area contributed by atoms with E-state index in [1.165, 1.54) is 0 Å². The predicted molar refractivity (Wildman–Crippen MR) is 412 cm³/mol. The Hall–Kier alpha value is -7.21. The number of nitrogens with one attached hydrogen (secondary N) is 12. The average Bonchev–Trinajstić information content (AvgIpc) is 0.851. The number of aliphatic hydroxyl groups is 1. The highest BCUT2D eigenvalue weighted by molar-refractivity contribution is 6.00. The molecule has 107 heavy (non-hydrogen) atoms. The average molecular weight is 1520 g/mol. The van der Waals surface area contributed by atoms with Crippen LogP contribution in [0.1, 0.15) is 224 Å². The summed E-state index contributed by atoms with van der Waals surface area (Å²) >= 11 is 0. The molecule has 0 radical (unpaired) electrons. The minimum absolute atomic E-state index is 0.0298. The van der Waals surface area contributed by atoms with Crippen molar-refractivity contribution < 1.29 is 67.4 Å². The molecule has 13 amide bonds. The lowest BCUT2D eigenvalue weighted by atomic mass is 9.95. The molecule has 0 aliphatic carbocycles. The molecular weight excluding hydrogens is 1380 g/mol.